The maximum Gasteiger partial charge on any atom is 0.0726 e. The molecule has 1 N–H and O–H groups in total. The van der Waals surface area contributed by atoms with Crippen LogP contribution in [0.25, 0.3) is 0 Å². The lowest BCUT2D eigenvalue weighted by Gasteiger charge is -2.09. The molecule has 0 fully saturated rings. The van der Waals surface area contributed by atoms with Gasteiger partial charge in [-0.2, -0.15) is 0 Å². The van der Waals surface area contributed by atoms with E-state index in [0.717, 1.165) is 19.3 Å². The lowest BCUT2D eigenvalue weighted by Crippen LogP contribution is -1.95. The molecule has 1 aliphatic carbocycles. The molecule has 1 atom stereocenters. The lowest BCUT2D eigenvalue weighted by molar-refractivity contribution is 0.223. The fraction of sp³-hybridized carbons (Fsp3) is 0.429. The van der Waals surface area contributed by atoms with Crippen LogP contribution in [0.1, 0.15) is 29.5 Å². The average molecular weight is 202 g/mol. The summed E-state index contributed by atoms with van der Waals surface area (Å²) in [5.41, 5.74) is 5.53. The molecular weight excluding hydrogens is 184 g/mol. The molecule has 1 nitrogen and oxygen atoms in total. The first-order valence-corrected chi connectivity index (χ1v) is 5.59. The Balaban J connectivity index is 2.21. The molecule has 0 radical (unpaired) electrons. The minimum absolute atomic E-state index is 0.204. The highest BCUT2D eigenvalue weighted by Gasteiger charge is 2.14. The van der Waals surface area contributed by atoms with Gasteiger partial charge in [0, 0.05) is 0 Å². The Bertz CT molecular complexity index is 370. The molecule has 1 aliphatic rings. The second-order valence-electron chi connectivity index (χ2n) is 4.48. The Labute approximate surface area is 91.4 Å². The molecule has 15 heavy (non-hydrogen) atoms. The van der Waals surface area contributed by atoms with E-state index in [0.29, 0.717) is 0 Å². The summed E-state index contributed by atoms with van der Waals surface area (Å²) in [6.45, 7) is 4.32. The van der Waals surface area contributed by atoms with Crippen molar-refractivity contribution in [3.63, 3.8) is 0 Å². The van der Waals surface area contributed by atoms with Gasteiger partial charge in [0.05, 0.1) is 6.10 Å². The Morgan fingerprint density at radius 1 is 1.27 bits per heavy atom. The molecule has 1 unspecified atom stereocenters. The first kappa shape index (κ1) is 10.4. The molecule has 0 saturated heterocycles. The van der Waals surface area contributed by atoms with Gasteiger partial charge in [-0.3, -0.25) is 0 Å². The van der Waals surface area contributed by atoms with Gasteiger partial charge in [0.1, 0.15) is 0 Å². The van der Waals surface area contributed by atoms with Crippen molar-refractivity contribution in [3.8, 4) is 0 Å². The van der Waals surface area contributed by atoms with Crippen molar-refractivity contribution in [2.24, 2.45) is 0 Å². The molecule has 0 aliphatic heterocycles. The normalized spacial score (nSPS) is 20.5. The van der Waals surface area contributed by atoms with Crippen molar-refractivity contribution in [3.05, 3.63) is 46.5 Å². The van der Waals surface area contributed by atoms with Gasteiger partial charge in [0.15, 0.2) is 0 Å². The predicted molar refractivity (Wildman–Crippen MR) is 62.9 cm³/mol. The second kappa shape index (κ2) is 4.19. The van der Waals surface area contributed by atoms with Crippen LogP contribution in [0.5, 0.6) is 0 Å². The van der Waals surface area contributed by atoms with Crippen LogP contribution in [0.2, 0.25) is 0 Å². The topological polar surface area (TPSA) is 20.2 Å². The summed E-state index contributed by atoms with van der Waals surface area (Å²) in [4.78, 5) is 0. The van der Waals surface area contributed by atoms with Crippen LogP contribution in [0.15, 0.2) is 29.8 Å². The molecule has 2 rings (SSSR count). The molecular formula is C14H18O. The second-order valence-corrected chi connectivity index (χ2v) is 4.48. The largest absolute Gasteiger partial charge is 0.389 e. The Morgan fingerprint density at radius 3 is 2.47 bits per heavy atom. The third kappa shape index (κ3) is 2.29. The number of allylic oxidation sites excluding steroid dienone is 1. The third-order valence-corrected chi connectivity index (χ3v) is 3.24. The van der Waals surface area contributed by atoms with E-state index in [2.05, 4.69) is 32.0 Å². The van der Waals surface area contributed by atoms with Crippen molar-refractivity contribution in [2.45, 2.75) is 39.2 Å². The summed E-state index contributed by atoms with van der Waals surface area (Å²) < 4.78 is 0. The number of hydrogen-bond acceptors (Lipinski definition) is 1. The summed E-state index contributed by atoms with van der Waals surface area (Å²) in [5, 5.41) is 9.44. The van der Waals surface area contributed by atoms with E-state index in [-0.39, 0.29) is 6.10 Å². The van der Waals surface area contributed by atoms with Gasteiger partial charge in [0.2, 0.25) is 0 Å². The van der Waals surface area contributed by atoms with Crippen LogP contribution < -0.4 is 0 Å². The first-order valence-electron chi connectivity index (χ1n) is 5.59. The van der Waals surface area contributed by atoms with Crippen LogP contribution in [-0.4, -0.2) is 11.2 Å². The highest BCUT2D eigenvalue weighted by molar-refractivity contribution is 5.37. The van der Waals surface area contributed by atoms with Crippen LogP contribution in [-0.2, 0) is 6.42 Å². The van der Waals surface area contributed by atoms with E-state index < -0.39 is 0 Å². The van der Waals surface area contributed by atoms with Crippen LogP contribution in [0.3, 0.4) is 0 Å². The van der Waals surface area contributed by atoms with Gasteiger partial charge in [0.25, 0.3) is 0 Å². The van der Waals surface area contributed by atoms with Crippen LogP contribution >= 0.6 is 0 Å². The fourth-order valence-corrected chi connectivity index (χ4v) is 2.27. The quantitative estimate of drug-likeness (QED) is 0.731. The van der Waals surface area contributed by atoms with Crippen molar-refractivity contribution < 1.29 is 5.11 Å². The summed E-state index contributed by atoms with van der Waals surface area (Å²) in [7, 11) is 0. The average Bonchev–Trinajstić information content (AvgIpc) is 2.58. The van der Waals surface area contributed by atoms with Gasteiger partial charge in [-0.25, -0.2) is 0 Å². The number of aryl methyl sites for hydroxylation is 2. The monoisotopic (exact) mass is 202 g/mol. The smallest absolute Gasteiger partial charge is 0.0726 e. The Kier molecular flexibility index (Phi) is 2.92. The van der Waals surface area contributed by atoms with Crippen molar-refractivity contribution >= 4 is 0 Å². The Hall–Kier alpha value is -1.08. The van der Waals surface area contributed by atoms with E-state index in [9.17, 15) is 5.11 Å². The molecule has 1 aromatic rings. The standard InChI is InChI=1S/C14H18O/c1-10-4-3-5-11(2)14(10)9-12-6-7-13(15)8-12/h3-5,8,13,15H,6-7,9H2,1-2H3. The fourth-order valence-electron chi connectivity index (χ4n) is 2.27. The molecule has 0 bridgehead atoms. The maximum atomic E-state index is 9.44. The first-order chi connectivity index (χ1) is 7.16. The zero-order valence-corrected chi connectivity index (χ0v) is 9.46. The summed E-state index contributed by atoms with van der Waals surface area (Å²) >= 11 is 0. The summed E-state index contributed by atoms with van der Waals surface area (Å²) in [5.74, 6) is 0. The van der Waals surface area contributed by atoms with E-state index in [4.69, 9.17) is 0 Å². The van der Waals surface area contributed by atoms with Crippen LogP contribution in [0.4, 0.5) is 0 Å². The molecule has 0 amide bonds. The third-order valence-electron chi connectivity index (χ3n) is 3.24. The number of aliphatic hydroxyl groups excluding tert-OH is 1. The van der Waals surface area contributed by atoms with Crippen molar-refractivity contribution in [2.75, 3.05) is 0 Å². The maximum absolute atomic E-state index is 9.44. The summed E-state index contributed by atoms with van der Waals surface area (Å²) in [6.07, 6.45) is 4.78. The van der Waals surface area contributed by atoms with E-state index in [1.165, 1.54) is 22.3 Å². The molecule has 0 heterocycles. The zero-order valence-electron chi connectivity index (χ0n) is 9.46. The molecule has 0 saturated carbocycles. The predicted octanol–water partition coefficient (Wildman–Crippen LogP) is 2.93. The molecule has 1 aromatic carbocycles. The number of hydrogen-bond donors (Lipinski definition) is 1. The highest BCUT2D eigenvalue weighted by Crippen LogP contribution is 2.25. The molecule has 80 valence electrons. The molecule has 0 spiro atoms. The number of benzene rings is 1. The van der Waals surface area contributed by atoms with Gasteiger partial charge in [-0.05, 0) is 49.8 Å². The Morgan fingerprint density at radius 2 is 1.93 bits per heavy atom. The highest BCUT2D eigenvalue weighted by atomic mass is 16.3. The van der Waals surface area contributed by atoms with E-state index in [1.807, 2.05) is 6.08 Å². The zero-order chi connectivity index (χ0) is 10.8. The molecule has 1 heteroatoms. The summed E-state index contributed by atoms with van der Waals surface area (Å²) in [6, 6.07) is 6.43. The van der Waals surface area contributed by atoms with Gasteiger partial charge < -0.3 is 5.11 Å². The van der Waals surface area contributed by atoms with Gasteiger partial charge in [-0.15, -0.1) is 0 Å². The van der Waals surface area contributed by atoms with E-state index >= 15 is 0 Å². The van der Waals surface area contributed by atoms with Crippen molar-refractivity contribution in [1.82, 2.24) is 0 Å². The van der Waals surface area contributed by atoms with Crippen molar-refractivity contribution in [1.29, 1.82) is 0 Å². The number of aliphatic hydroxyl groups is 1. The van der Waals surface area contributed by atoms with Crippen LogP contribution in [0, 0.1) is 13.8 Å². The lowest BCUT2D eigenvalue weighted by atomic mass is 9.96. The molecule has 0 aromatic heterocycles. The minimum Gasteiger partial charge on any atom is -0.389 e. The SMILES string of the molecule is Cc1cccc(C)c1CC1=CC(O)CC1. The minimum atomic E-state index is -0.204. The number of rotatable bonds is 2. The van der Waals surface area contributed by atoms with Gasteiger partial charge in [-0.1, -0.05) is 29.8 Å². The van der Waals surface area contributed by atoms with Gasteiger partial charge >= 0.3 is 0 Å². The van der Waals surface area contributed by atoms with E-state index in [1.54, 1.807) is 0 Å².